The van der Waals surface area contributed by atoms with Crippen molar-refractivity contribution in [3.63, 3.8) is 0 Å². The second-order valence-corrected chi connectivity index (χ2v) is 8.91. The molecular weight excluding hydrogens is 389 g/mol. The summed E-state index contributed by atoms with van der Waals surface area (Å²) in [7, 11) is -1.64. The van der Waals surface area contributed by atoms with Gasteiger partial charge in [-0.05, 0) is 37.6 Å². The summed E-state index contributed by atoms with van der Waals surface area (Å²) in [6.45, 7) is 1.43. The molecule has 8 nitrogen and oxygen atoms in total. The molecule has 1 amide bonds. The molecule has 1 fully saturated rings. The predicted molar refractivity (Wildman–Crippen MR) is 98.2 cm³/mol. The summed E-state index contributed by atoms with van der Waals surface area (Å²) in [4.78, 5) is 30.3. The highest BCUT2D eigenvalue weighted by molar-refractivity contribution is 7.91. The zero-order valence-corrected chi connectivity index (χ0v) is 16.2. The first-order chi connectivity index (χ1) is 13.2. The quantitative estimate of drug-likeness (QED) is 0.689. The van der Waals surface area contributed by atoms with Gasteiger partial charge in [-0.3, -0.25) is 9.36 Å². The number of likely N-dealkylation sites (N-methyl/N-ethyl adjacent to an activating group) is 1. The summed E-state index contributed by atoms with van der Waals surface area (Å²) >= 11 is 0. The van der Waals surface area contributed by atoms with Gasteiger partial charge < -0.3 is 9.64 Å². The molecule has 0 radical (unpaired) electrons. The highest BCUT2D eigenvalue weighted by Crippen LogP contribution is 2.18. The smallest absolute Gasteiger partial charge is 0.357 e. The van der Waals surface area contributed by atoms with Crippen molar-refractivity contribution in [1.82, 2.24) is 14.5 Å². The fraction of sp³-hybridized carbons (Fsp3) is 0.389. The van der Waals surface area contributed by atoms with Crippen LogP contribution in [0, 0.1) is 5.82 Å². The van der Waals surface area contributed by atoms with Gasteiger partial charge in [0.25, 0.3) is 5.91 Å². The van der Waals surface area contributed by atoms with Crippen molar-refractivity contribution in [3.05, 3.63) is 48.3 Å². The van der Waals surface area contributed by atoms with Crippen LogP contribution in [0.5, 0.6) is 0 Å². The minimum absolute atomic E-state index is 0.0420. The van der Waals surface area contributed by atoms with Crippen molar-refractivity contribution >= 4 is 21.7 Å². The molecule has 1 saturated heterocycles. The van der Waals surface area contributed by atoms with Gasteiger partial charge in [0.05, 0.1) is 24.0 Å². The van der Waals surface area contributed by atoms with Crippen molar-refractivity contribution in [2.45, 2.75) is 25.5 Å². The average Bonchev–Trinajstić information content (AvgIpc) is 3.27. The minimum Gasteiger partial charge on any atom is -0.448 e. The Bertz CT molecular complexity index is 987. The highest BCUT2D eigenvalue weighted by atomic mass is 32.2. The van der Waals surface area contributed by atoms with E-state index in [1.807, 2.05) is 0 Å². The Morgan fingerprint density at radius 3 is 2.61 bits per heavy atom. The molecular formula is C18H20FN3O5S. The first-order valence-electron chi connectivity index (χ1n) is 8.64. The van der Waals surface area contributed by atoms with E-state index in [9.17, 15) is 22.4 Å². The molecule has 3 rings (SSSR count). The van der Waals surface area contributed by atoms with Crippen molar-refractivity contribution in [2.75, 3.05) is 18.6 Å². The van der Waals surface area contributed by atoms with Gasteiger partial charge in [0.1, 0.15) is 5.82 Å². The molecule has 1 aliphatic heterocycles. The fourth-order valence-corrected chi connectivity index (χ4v) is 4.85. The maximum Gasteiger partial charge on any atom is 0.357 e. The molecule has 0 spiro atoms. The maximum atomic E-state index is 13.1. The average molecular weight is 409 g/mol. The predicted octanol–water partition coefficient (Wildman–Crippen LogP) is 1.20. The second-order valence-electron chi connectivity index (χ2n) is 6.68. The highest BCUT2D eigenvalue weighted by Gasteiger charge is 2.35. The third kappa shape index (κ3) is 4.22. The van der Waals surface area contributed by atoms with Crippen LogP contribution in [0.25, 0.3) is 5.69 Å². The summed E-state index contributed by atoms with van der Waals surface area (Å²) in [5.74, 6) is -1.71. The Morgan fingerprint density at radius 2 is 2.00 bits per heavy atom. The molecule has 0 unspecified atom stereocenters. The van der Waals surface area contributed by atoms with Crippen LogP contribution < -0.4 is 0 Å². The number of sulfone groups is 1. The largest absolute Gasteiger partial charge is 0.448 e. The number of benzene rings is 1. The molecule has 0 bridgehead atoms. The van der Waals surface area contributed by atoms with Crippen LogP contribution in [0.1, 0.15) is 23.8 Å². The van der Waals surface area contributed by atoms with Crippen molar-refractivity contribution in [2.24, 2.45) is 0 Å². The van der Waals surface area contributed by atoms with E-state index in [1.54, 1.807) is 0 Å². The number of halogens is 1. The second kappa shape index (κ2) is 7.70. The number of rotatable bonds is 5. The minimum atomic E-state index is -3.14. The van der Waals surface area contributed by atoms with E-state index in [0.717, 1.165) is 0 Å². The Balaban J connectivity index is 1.69. The van der Waals surface area contributed by atoms with Crippen molar-refractivity contribution in [1.29, 1.82) is 0 Å². The topological polar surface area (TPSA) is 98.6 Å². The number of nitrogens with zero attached hydrogens (tertiary/aromatic N) is 3. The number of aromatic nitrogens is 2. The number of ether oxygens (including phenoxy) is 1. The van der Waals surface area contributed by atoms with Gasteiger partial charge in [-0.2, -0.15) is 0 Å². The van der Waals surface area contributed by atoms with E-state index >= 15 is 0 Å². The molecule has 0 aliphatic carbocycles. The first-order valence-corrected chi connectivity index (χ1v) is 10.5. The molecule has 2 heterocycles. The number of hydrogen-bond acceptors (Lipinski definition) is 6. The van der Waals surface area contributed by atoms with Crippen LogP contribution in [-0.4, -0.2) is 65.4 Å². The number of esters is 1. The lowest BCUT2D eigenvalue weighted by atomic mass is 10.2. The van der Waals surface area contributed by atoms with Crippen LogP contribution in [0.15, 0.2) is 36.8 Å². The van der Waals surface area contributed by atoms with Gasteiger partial charge in [-0.1, -0.05) is 0 Å². The van der Waals surface area contributed by atoms with E-state index in [0.29, 0.717) is 12.1 Å². The number of imidazole rings is 1. The van der Waals surface area contributed by atoms with Crippen molar-refractivity contribution in [3.8, 4) is 5.69 Å². The Hall–Kier alpha value is -2.75. The Labute approximate surface area is 161 Å². The maximum absolute atomic E-state index is 13.1. The lowest BCUT2D eigenvalue weighted by Crippen LogP contribution is -2.44. The van der Waals surface area contributed by atoms with Gasteiger partial charge in [0, 0.05) is 18.8 Å². The summed E-state index contributed by atoms with van der Waals surface area (Å²) in [6, 6.07) is 5.04. The zero-order chi connectivity index (χ0) is 20.5. The number of carbonyl (C=O) groups excluding carboxylic acids is 2. The summed E-state index contributed by atoms with van der Waals surface area (Å²) in [5, 5.41) is 0. The van der Waals surface area contributed by atoms with E-state index in [1.165, 1.54) is 60.2 Å². The molecule has 28 heavy (non-hydrogen) atoms. The number of amides is 1. The lowest BCUT2D eigenvalue weighted by Gasteiger charge is -2.26. The normalized spacial score (nSPS) is 19.2. The zero-order valence-electron chi connectivity index (χ0n) is 15.4. The lowest BCUT2D eigenvalue weighted by molar-refractivity contribution is -0.140. The molecule has 2 aromatic rings. The summed E-state index contributed by atoms with van der Waals surface area (Å²) < 4.78 is 43.0. The summed E-state index contributed by atoms with van der Waals surface area (Å²) in [5.41, 5.74) is 0.593. The third-order valence-electron chi connectivity index (χ3n) is 4.69. The molecule has 1 aromatic carbocycles. The van der Waals surface area contributed by atoms with E-state index in [4.69, 9.17) is 4.74 Å². The molecule has 2 atom stereocenters. The van der Waals surface area contributed by atoms with Crippen LogP contribution in [0.2, 0.25) is 0 Å². The van der Waals surface area contributed by atoms with Gasteiger partial charge in [0.15, 0.2) is 21.6 Å². The van der Waals surface area contributed by atoms with E-state index in [-0.39, 0.29) is 17.2 Å². The van der Waals surface area contributed by atoms with Crippen LogP contribution in [0.4, 0.5) is 4.39 Å². The van der Waals surface area contributed by atoms with Gasteiger partial charge in [-0.15, -0.1) is 0 Å². The van der Waals surface area contributed by atoms with Gasteiger partial charge >= 0.3 is 5.97 Å². The van der Waals surface area contributed by atoms with E-state index in [2.05, 4.69) is 4.98 Å². The van der Waals surface area contributed by atoms with Gasteiger partial charge in [0.2, 0.25) is 0 Å². The number of carbonyl (C=O) groups is 2. The van der Waals surface area contributed by atoms with Crippen LogP contribution >= 0.6 is 0 Å². The molecule has 1 aliphatic rings. The molecule has 0 saturated carbocycles. The monoisotopic (exact) mass is 409 g/mol. The Morgan fingerprint density at radius 1 is 1.32 bits per heavy atom. The molecule has 1 aromatic heterocycles. The van der Waals surface area contributed by atoms with Crippen molar-refractivity contribution < 1.29 is 27.1 Å². The first kappa shape index (κ1) is 20.0. The molecule has 0 N–H and O–H groups in total. The van der Waals surface area contributed by atoms with E-state index < -0.39 is 39.7 Å². The number of hydrogen-bond donors (Lipinski definition) is 0. The third-order valence-corrected chi connectivity index (χ3v) is 6.44. The van der Waals surface area contributed by atoms with Gasteiger partial charge in [-0.25, -0.2) is 22.6 Å². The van der Waals surface area contributed by atoms with Crippen LogP contribution in [-0.2, 0) is 19.4 Å². The molecule has 150 valence electrons. The fourth-order valence-electron chi connectivity index (χ4n) is 3.07. The van der Waals surface area contributed by atoms with Crippen LogP contribution in [0.3, 0.4) is 0 Å². The Kier molecular flexibility index (Phi) is 5.50. The SMILES string of the molecule is C[C@@H](OC(=O)c1cncn1-c1ccc(F)cc1)C(=O)N(C)[C@@H]1CCS(=O)(=O)C1. The standard InChI is InChI=1S/C18H20FN3O5S/c1-12(17(23)21(2)15-7-8-28(25,26)10-15)27-18(24)16-9-20-11-22(16)14-5-3-13(19)4-6-14/h3-6,9,11-12,15H,7-8,10H2,1-2H3/t12-,15-/m1/s1. The molecule has 10 heteroatoms. The summed E-state index contributed by atoms with van der Waals surface area (Å²) in [6.07, 6.45) is 1.93.